The lowest BCUT2D eigenvalue weighted by atomic mass is 9.73. The van der Waals surface area contributed by atoms with E-state index in [0.29, 0.717) is 0 Å². The highest BCUT2D eigenvalue weighted by atomic mass is 16.6. The fourth-order valence-electron chi connectivity index (χ4n) is 2.95. The standard InChI is InChI=1S/C14H24N2O6/c1-11(5-17)7-21-9(19)13(3,15-11)14(4)10(20)22-8-12(2,6-18)16-14/h15-18H,5-8H2,1-4H3/t11-,12+,13-,14-/m0/s1. The molecule has 0 saturated carbocycles. The molecule has 0 aromatic heterocycles. The topological polar surface area (TPSA) is 117 Å². The summed E-state index contributed by atoms with van der Waals surface area (Å²) in [4.78, 5) is 24.8. The molecule has 8 nitrogen and oxygen atoms in total. The third kappa shape index (κ3) is 2.40. The zero-order valence-electron chi connectivity index (χ0n) is 13.4. The van der Waals surface area contributed by atoms with Gasteiger partial charge in [0.05, 0.1) is 24.3 Å². The molecule has 0 radical (unpaired) electrons. The first-order valence-corrected chi connectivity index (χ1v) is 7.19. The van der Waals surface area contributed by atoms with Crippen molar-refractivity contribution in [1.82, 2.24) is 10.6 Å². The van der Waals surface area contributed by atoms with Gasteiger partial charge in [-0.2, -0.15) is 0 Å². The molecule has 2 aliphatic heterocycles. The largest absolute Gasteiger partial charge is 0.462 e. The molecule has 126 valence electrons. The summed E-state index contributed by atoms with van der Waals surface area (Å²) in [5.74, 6) is -1.24. The van der Waals surface area contributed by atoms with Gasteiger partial charge in [0.25, 0.3) is 0 Å². The molecule has 2 saturated heterocycles. The predicted octanol–water partition coefficient (Wildman–Crippen LogP) is -1.70. The maximum atomic E-state index is 12.4. The maximum absolute atomic E-state index is 12.4. The highest BCUT2D eigenvalue weighted by Gasteiger charge is 2.64. The number of carbonyl (C=O) groups is 2. The first kappa shape index (κ1) is 17.1. The number of hydrogen-bond donors (Lipinski definition) is 4. The van der Waals surface area contributed by atoms with E-state index in [4.69, 9.17) is 9.47 Å². The molecule has 0 amide bonds. The number of nitrogens with one attached hydrogen (secondary N) is 2. The van der Waals surface area contributed by atoms with Gasteiger partial charge in [0.15, 0.2) is 0 Å². The summed E-state index contributed by atoms with van der Waals surface area (Å²) >= 11 is 0. The molecule has 4 N–H and O–H groups in total. The lowest BCUT2D eigenvalue weighted by Crippen LogP contribution is -2.84. The Balaban J connectivity index is 2.44. The van der Waals surface area contributed by atoms with Gasteiger partial charge in [-0.15, -0.1) is 0 Å². The first-order chi connectivity index (χ1) is 10.0. The second-order valence-electron chi connectivity index (χ2n) is 7.09. The third-order valence-corrected chi connectivity index (χ3v) is 4.66. The minimum Gasteiger partial charge on any atom is -0.462 e. The molecule has 0 aromatic carbocycles. The molecule has 0 unspecified atom stereocenters. The van der Waals surface area contributed by atoms with E-state index in [9.17, 15) is 19.8 Å². The molecule has 22 heavy (non-hydrogen) atoms. The van der Waals surface area contributed by atoms with Crippen LogP contribution < -0.4 is 10.6 Å². The van der Waals surface area contributed by atoms with Gasteiger partial charge < -0.3 is 19.7 Å². The Kier molecular flexibility index (Phi) is 4.02. The smallest absolute Gasteiger partial charge is 0.328 e. The van der Waals surface area contributed by atoms with E-state index in [2.05, 4.69) is 10.6 Å². The average Bonchev–Trinajstić information content (AvgIpc) is 2.48. The second kappa shape index (κ2) is 5.16. The van der Waals surface area contributed by atoms with Crippen molar-refractivity contribution in [1.29, 1.82) is 0 Å². The lowest BCUT2D eigenvalue weighted by molar-refractivity contribution is -0.187. The van der Waals surface area contributed by atoms with Crippen molar-refractivity contribution in [3.8, 4) is 0 Å². The van der Waals surface area contributed by atoms with Crippen LogP contribution in [-0.2, 0) is 19.1 Å². The zero-order chi connectivity index (χ0) is 16.8. The number of rotatable bonds is 3. The predicted molar refractivity (Wildman–Crippen MR) is 76.0 cm³/mol. The van der Waals surface area contributed by atoms with Crippen molar-refractivity contribution in [2.45, 2.75) is 49.9 Å². The van der Waals surface area contributed by atoms with Gasteiger partial charge in [0, 0.05) is 0 Å². The summed E-state index contributed by atoms with van der Waals surface area (Å²) in [6.45, 7) is 5.91. The lowest BCUT2D eigenvalue weighted by Gasteiger charge is -2.54. The summed E-state index contributed by atoms with van der Waals surface area (Å²) < 4.78 is 10.4. The molecular formula is C14H24N2O6. The van der Waals surface area contributed by atoms with Crippen LogP contribution in [-0.4, -0.2) is 70.7 Å². The zero-order valence-corrected chi connectivity index (χ0v) is 13.4. The van der Waals surface area contributed by atoms with Crippen LogP contribution in [0.4, 0.5) is 0 Å². The van der Waals surface area contributed by atoms with Crippen molar-refractivity contribution in [3.63, 3.8) is 0 Å². The summed E-state index contributed by atoms with van der Waals surface area (Å²) in [5, 5.41) is 25.1. The van der Waals surface area contributed by atoms with Crippen LogP contribution in [0.2, 0.25) is 0 Å². The normalized spacial score (nSPS) is 46.1. The van der Waals surface area contributed by atoms with Crippen LogP contribution >= 0.6 is 0 Å². The van der Waals surface area contributed by atoms with Crippen molar-refractivity contribution in [2.75, 3.05) is 26.4 Å². The van der Waals surface area contributed by atoms with E-state index in [1.807, 2.05) is 0 Å². The van der Waals surface area contributed by atoms with Gasteiger partial charge in [-0.05, 0) is 27.7 Å². The van der Waals surface area contributed by atoms with Gasteiger partial charge in [0.1, 0.15) is 24.3 Å². The number of cyclic esters (lactones) is 2. The van der Waals surface area contributed by atoms with Gasteiger partial charge >= 0.3 is 11.9 Å². The van der Waals surface area contributed by atoms with Crippen molar-refractivity contribution >= 4 is 11.9 Å². The van der Waals surface area contributed by atoms with E-state index < -0.39 is 34.1 Å². The molecule has 8 heteroatoms. The highest BCUT2D eigenvalue weighted by Crippen LogP contribution is 2.35. The van der Waals surface area contributed by atoms with Gasteiger partial charge in [-0.25, -0.2) is 9.59 Å². The van der Waals surface area contributed by atoms with Gasteiger partial charge in [-0.3, -0.25) is 10.6 Å². The molecular weight excluding hydrogens is 292 g/mol. The molecule has 2 heterocycles. The Bertz CT molecular complexity index is 456. The molecule has 0 aromatic rings. The van der Waals surface area contributed by atoms with Crippen LogP contribution in [0, 0.1) is 0 Å². The fraction of sp³-hybridized carbons (Fsp3) is 0.857. The third-order valence-electron chi connectivity index (χ3n) is 4.66. The number of morpholine rings is 2. The van der Waals surface area contributed by atoms with E-state index >= 15 is 0 Å². The Morgan fingerprint density at radius 1 is 0.864 bits per heavy atom. The maximum Gasteiger partial charge on any atom is 0.328 e. The summed E-state index contributed by atoms with van der Waals surface area (Å²) in [7, 11) is 0. The number of aliphatic hydroxyl groups excluding tert-OH is 2. The Hall–Kier alpha value is -1.22. The second-order valence-corrected chi connectivity index (χ2v) is 7.09. The molecule has 0 bridgehead atoms. The quantitative estimate of drug-likeness (QED) is 0.455. The van der Waals surface area contributed by atoms with E-state index in [1.165, 1.54) is 13.8 Å². The van der Waals surface area contributed by atoms with E-state index in [1.54, 1.807) is 13.8 Å². The molecule has 2 fully saturated rings. The summed E-state index contributed by atoms with van der Waals surface area (Å²) in [6.07, 6.45) is 0. The van der Waals surface area contributed by atoms with Crippen molar-refractivity contribution in [3.05, 3.63) is 0 Å². The SMILES string of the molecule is C[C@]1(CO)COC(=O)[C@@](C)([C@@]2(C)N[C@](C)(CO)COC2=O)N1. The highest BCUT2D eigenvalue weighted by molar-refractivity contribution is 5.95. The number of esters is 2. The first-order valence-electron chi connectivity index (χ1n) is 7.19. The number of hydrogen-bond acceptors (Lipinski definition) is 8. The van der Waals surface area contributed by atoms with Gasteiger partial charge in [0.2, 0.25) is 0 Å². The summed E-state index contributed by atoms with van der Waals surface area (Å²) in [6, 6.07) is 0. The minimum absolute atomic E-state index is 0.000316. The number of carbonyl (C=O) groups excluding carboxylic acids is 2. The Morgan fingerprint density at radius 2 is 1.18 bits per heavy atom. The molecule has 4 atom stereocenters. The average molecular weight is 316 g/mol. The van der Waals surface area contributed by atoms with Crippen LogP contribution in [0.15, 0.2) is 0 Å². The van der Waals surface area contributed by atoms with Crippen molar-refractivity contribution in [2.24, 2.45) is 0 Å². The molecule has 0 aliphatic carbocycles. The monoisotopic (exact) mass is 316 g/mol. The van der Waals surface area contributed by atoms with Crippen LogP contribution in [0.3, 0.4) is 0 Å². The fourth-order valence-corrected chi connectivity index (χ4v) is 2.95. The van der Waals surface area contributed by atoms with Crippen LogP contribution in [0.25, 0.3) is 0 Å². The molecule has 2 aliphatic rings. The van der Waals surface area contributed by atoms with Crippen LogP contribution in [0.1, 0.15) is 27.7 Å². The minimum atomic E-state index is -1.46. The van der Waals surface area contributed by atoms with Crippen LogP contribution in [0.5, 0.6) is 0 Å². The van der Waals surface area contributed by atoms with E-state index in [0.717, 1.165) is 0 Å². The Morgan fingerprint density at radius 3 is 1.45 bits per heavy atom. The van der Waals surface area contributed by atoms with Crippen molar-refractivity contribution < 1.29 is 29.3 Å². The van der Waals surface area contributed by atoms with E-state index in [-0.39, 0.29) is 26.4 Å². The molecule has 0 spiro atoms. The number of aliphatic hydroxyl groups is 2. The Labute approximate surface area is 129 Å². The molecule has 2 rings (SSSR count). The van der Waals surface area contributed by atoms with Gasteiger partial charge in [-0.1, -0.05) is 0 Å². The number of ether oxygens (including phenoxy) is 2. The summed E-state index contributed by atoms with van der Waals surface area (Å²) in [5.41, 5.74) is -4.67.